The van der Waals surface area contributed by atoms with Crippen LogP contribution in [-0.2, 0) is 0 Å². The standard InChI is InChI=1S/C15H11ClN4/c16-12-8-6-11(7-9-12)15-18-14(17)13(19-20-15)10-4-2-1-3-5-10/h1-9H,(H2,17,18,20). The average Bonchev–Trinajstić information content (AvgIpc) is 2.49. The molecule has 0 atom stereocenters. The average molecular weight is 283 g/mol. The first-order valence-electron chi connectivity index (χ1n) is 6.05. The predicted octanol–water partition coefficient (Wildman–Crippen LogP) is 3.44. The Hall–Kier alpha value is -2.46. The van der Waals surface area contributed by atoms with Gasteiger partial charge in [0.1, 0.15) is 5.69 Å². The van der Waals surface area contributed by atoms with Gasteiger partial charge in [-0.2, -0.15) is 0 Å². The van der Waals surface area contributed by atoms with E-state index in [1.807, 2.05) is 42.5 Å². The largest absolute Gasteiger partial charge is 0.382 e. The molecule has 20 heavy (non-hydrogen) atoms. The Morgan fingerprint density at radius 3 is 2.15 bits per heavy atom. The molecule has 0 saturated heterocycles. The lowest BCUT2D eigenvalue weighted by Crippen LogP contribution is -2.02. The van der Waals surface area contributed by atoms with E-state index in [1.54, 1.807) is 12.1 Å². The molecule has 0 radical (unpaired) electrons. The van der Waals surface area contributed by atoms with Crippen LogP contribution in [0.15, 0.2) is 54.6 Å². The SMILES string of the molecule is Nc1nc(-c2ccc(Cl)cc2)nnc1-c1ccccc1. The smallest absolute Gasteiger partial charge is 0.183 e. The van der Waals surface area contributed by atoms with E-state index >= 15 is 0 Å². The van der Waals surface area contributed by atoms with E-state index in [0.29, 0.717) is 22.4 Å². The Balaban J connectivity index is 2.01. The zero-order chi connectivity index (χ0) is 13.9. The van der Waals surface area contributed by atoms with Crippen molar-refractivity contribution in [2.45, 2.75) is 0 Å². The van der Waals surface area contributed by atoms with Crippen molar-refractivity contribution in [3.63, 3.8) is 0 Å². The van der Waals surface area contributed by atoms with Crippen LogP contribution >= 0.6 is 11.6 Å². The summed E-state index contributed by atoms with van der Waals surface area (Å²) in [6.45, 7) is 0. The van der Waals surface area contributed by atoms with Gasteiger partial charge in [-0.1, -0.05) is 41.9 Å². The van der Waals surface area contributed by atoms with Crippen molar-refractivity contribution >= 4 is 17.4 Å². The molecule has 0 aliphatic heterocycles. The zero-order valence-corrected chi connectivity index (χ0v) is 11.2. The van der Waals surface area contributed by atoms with Gasteiger partial charge in [0.15, 0.2) is 11.6 Å². The molecule has 0 unspecified atom stereocenters. The monoisotopic (exact) mass is 282 g/mol. The third-order valence-electron chi connectivity index (χ3n) is 2.86. The summed E-state index contributed by atoms with van der Waals surface area (Å²) in [5.41, 5.74) is 8.29. The molecule has 3 aromatic rings. The minimum Gasteiger partial charge on any atom is -0.382 e. The third kappa shape index (κ3) is 2.46. The maximum Gasteiger partial charge on any atom is 0.183 e. The minimum atomic E-state index is 0.358. The number of halogens is 1. The molecule has 4 nitrogen and oxygen atoms in total. The molecule has 0 bridgehead atoms. The summed E-state index contributed by atoms with van der Waals surface area (Å²) < 4.78 is 0. The van der Waals surface area contributed by atoms with Gasteiger partial charge in [0.2, 0.25) is 0 Å². The maximum atomic E-state index is 5.98. The van der Waals surface area contributed by atoms with Crippen molar-refractivity contribution in [3.05, 3.63) is 59.6 Å². The molecule has 0 aliphatic rings. The van der Waals surface area contributed by atoms with Gasteiger partial charge in [0.25, 0.3) is 0 Å². The summed E-state index contributed by atoms with van der Waals surface area (Å²) in [6, 6.07) is 16.8. The van der Waals surface area contributed by atoms with Gasteiger partial charge < -0.3 is 5.73 Å². The Kier molecular flexibility index (Phi) is 3.31. The second-order valence-electron chi connectivity index (χ2n) is 4.24. The van der Waals surface area contributed by atoms with E-state index in [0.717, 1.165) is 11.1 Å². The summed E-state index contributed by atoms with van der Waals surface area (Å²) in [5.74, 6) is 0.843. The fourth-order valence-corrected chi connectivity index (χ4v) is 1.99. The maximum absolute atomic E-state index is 5.98. The molecule has 0 aliphatic carbocycles. The van der Waals surface area contributed by atoms with Crippen molar-refractivity contribution < 1.29 is 0 Å². The van der Waals surface area contributed by atoms with E-state index in [2.05, 4.69) is 15.2 Å². The molecule has 2 N–H and O–H groups in total. The lowest BCUT2D eigenvalue weighted by molar-refractivity contribution is 0.994. The number of anilines is 1. The van der Waals surface area contributed by atoms with Crippen molar-refractivity contribution in [2.24, 2.45) is 0 Å². The number of hydrogen-bond donors (Lipinski definition) is 1. The molecule has 98 valence electrons. The molecule has 1 heterocycles. The molecule has 5 heteroatoms. The highest BCUT2D eigenvalue weighted by Gasteiger charge is 2.09. The lowest BCUT2D eigenvalue weighted by atomic mass is 10.1. The third-order valence-corrected chi connectivity index (χ3v) is 3.12. The Morgan fingerprint density at radius 2 is 1.50 bits per heavy atom. The van der Waals surface area contributed by atoms with E-state index in [-0.39, 0.29) is 0 Å². The van der Waals surface area contributed by atoms with E-state index < -0.39 is 0 Å². The normalized spacial score (nSPS) is 10.4. The molecular weight excluding hydrogens is 272 g/mol. The van der Waals surface area contributed by atoms with Crippen LogP contribution in [0.2, 0.25) is 5.02 Å². The van der Waals surface area contributed by atoms with Crippen molar-refractivity contribution in [3.8, 4) is 22.6 Å². The summed E-state index contributed by atoms with van der Waals surface area (Å²) >= 11 is 5.85. The first-order valence-corrected chi connectivity index (χ1v) is 6.43. The molecule has 0 saturated carbocycles. The highest BCUT2D eigenvalue weighted by molar-refractivity contribution is 6.30. The quantitative estimate of drug-likeness (QED) is 0.782. The van der Waals surface area contributed by atoms with Gasteiger partial charge in [-0.05, 0) is 24.3 Å². The predicted molar refractivity (Wildman–Crippen MR) is 80.1 cm³/mol. The highest BCUT2D eigenvalue weighted by Crippen LogP contribution is 2.24. The van der Waals surface area contributed by atoms with Gasteiger partial charge >= 0.3 is 0 Å². The molecule has 0 amide bonds. The van der Waals surface area contributed by atoms with E-state index in [4.69, 9.17) is 17.3 Å². The van der Waals surface area contributed by atoms with Crippen molar-refractivity contribution in [1.29, 1.82) is 0 Å². The summed E-state index contributed by atoms with van der Waals surface area (Å²) in [7, 11) is 0. The number of rotatable bonds is 2. The van der Waals surface area contributed by atoms with Crippen LogP contribution in [0.25, 0.3) is 22.6 Å². The highest BCUT2D eigenvalue weighted by atomic mass is 35.5. The molecule has 0 spiro atoms. The van der Waals surface area contributed by atoms with Crippen LogP contribution in [-0.4, -0.2) is 15.2 Å². The second-order valence-corrected chi connectivity index (χ2v) is 4.68. The van der Waals surface area contributed by atoms with Crippen LogP contribution in [0.5, 0.6) is 0 Å². The number of hydrogen-bond acceptors (Lipinski definition) is 4. The zero-order valence-electron chi connectivity index (χ0n) is 10.5. The first kappa shape index (κ1) is 12.6. The second kappa shape index (κ2) is 5.27. The van der Waals surface area contributed by atoms with Crippen LogP contribution in [0, 0.1) is 0 Å². The van der Waals surface area contributed by atoms with E-state index in [9.17, 15) is 0 Å². The number of nitrogen functional groups attached to an aromatic ring is 1. The fraction of sp³-hybridized carbons (Fsp3) is 0. The van der Waals surface area contributed by atoms with Crippen molar-refractivity contribution in [1.82, 2.24) is 15.2 Å². The summed E-state index contributed by atoms with van der Waals surface area (Å²) in [6.07, 6.45) is 0. The Morgan fingerprint density at radius 1 is 0.800 bits per heavy atom. The van der Waals surface area contributed by atoms with Gasteiger partial charge in [-0.3, -0.25) is 0 Å². The lowest BCUT2D eigenvalue weighted by Gasteiger charge is -2.05. The summed E-state index contributed by atoms with van der Waals surface area (Å²) in [5, 5.41) is 8.97. The van der Waals surface area contributed by atoms with Crippen LogP contribution in [0.1, 0.15) is 0 Å². The van der Waals surface area contributed by atoms with Gasteiger partial charge in [-0.15, -0.1) is 10.2 Å². The number of nitrogens with two attached hydrogens (primary N) is 1. The number of benzene rings is 2. The fourth-order valence-electron chi connectivity index (χ4n) is 1.86. The van der Waals surface area contributed by atoms with E-state index in [1.165, 1.54) is 0 Å². The summed E-state index contributed by atoms with van der Waals surface area (Å²) in [4.78, 5) is 4.31. The van der Waals surface area contributed by atoms with Gasteiger partial charge in [0.05, 0.1) is 0 Å². The van der Waals surface area contributed by atoms with Crippen LogP contribution in [0.4, 0.5) is 5.82 Å². The molecular formula is C15H11ClN4. The van der Waals surface area contributed by atoms with Gasteiger partial charge in [0, 0.05) is 16.1 Å². The minimum absolute atomic E-state index is 0.358. The van der Waals surface area contributed by atoms with Crippen LogP contribution < -0.4 is 5.73 Å². The molecule has 1 aromatic heterocycles. The Labute approximate surface area is 121 Å². The topological polar surface area (TPSA) is 64.7 Å². The Bertz CT molecular complexity index is 727. The molecule has 2 aromatic carbocycles. The molecule has 0 fully saturated rings. The van der Waals surface area contributed by atoms with Gasteiger partial charge in [-0.25, -0.2) is 4.98 Å². The van der Waals surface area contributed by atoms with Crippen molar-refractivity contribution in [2.75, 3.05) is 5.73 Å². The number of nitrogens with zero attached hydrogens (tertiary/aromatic N) is 3. The first-order chi connectivity index (χ1) is 9.74. The molecule has 3 rings (SSSR count). The number of aromatic nitrogens is 3. The van der Waals surface area contributed by atoms with Crippen LogP contribution in [0.3, 0.4) is 0 Å².